The molecule has 1 rings (SSSR count). The number of carbonyl (C=O) groups is 1. The van der Waals surface area contributed by atoms with Crippen LogP contribution in [0, 0.1) is 5.92 Å². The number of esters is 1. The third kappa shape index (κ3) is 2.84. The number of rotatable bonds is 3. The molecule has 2 atom stereocenters. The summed E-state index contributed by atoms with van der Waals surface area (Å²) in [6.07, 6.45) is 1.83. The van der Waals surface area contributed by atoms with Crippen molar-refractivity contribution in [3.8, 4) is 0 Å². The van der Waals surface area contributed by atoms with Gasteiger partial charge in [-0.05, 0) is 25.7 Å². The van der Waals surface area contributed by atoms with E-state index in [2.05, 4.69) is 13.5 Å². The van der Waals surface area contributed by atoms with Gasteiger partial charge in [0.2, 0.25) is 0 Å². The van der Waals surface area contributed by atoms with Crippen LogP contribution in [0.1, 0.15) is 26.7 Å². The standard InChI is InChI=1S/C11H18O3/c1-4-13-11(12)9(3)10-6-5-8(2)7-14-10/h8,10H,3-7H2,1-2H3/t8-,10-/m0/s1. The van der Waals surface area contributed by atoms with Crippen molar-refractivity contribution in [2.24, 2.45) is 5.92 Å². The van der Waals surface area contributed by atoms with Crippen LogP contribution in [0.2, 0.25) is 0 Å². The summed E-state index contributed by atoms with van der Waals surface area (Å²) < 4.78 is 10.4. The van der Waals surface area contributed by atoms with Gasteiger partial charge < -0.3 is 9.47 Å². The molecule has 3 heteroatoms. The second kappa shape index (κ2) is 5.15. The van der Waals surface area contributed by atoms with Crippen LogP contribution in [0.15, 0.2) is 12.2 Å². The summed E-state index contributed by atoms with van der Waals surface area (Å²) in [6, 6.07) is 0. The van der Waals surface area contributed by atoms with E-state index in [0.717, 1.165) is 12.8 Å². The van der Waals surface area contributed by atoms with Crippen molar-refractivity contribution in [3.63, 3.8) is 0 Å². The highest BCUT2D eigenvalue weighted by Gasteiger charge is 2.25. The molecular weight excluding hydrogens is 180 g/mol. The molecule has 1 aliphatic heterocycles. The van der Waals surface area contributed by atoms with Crippen molar-refractivity contribution in [2.75, 3.05) is 13.2 Å². The number of carbonyl (C=O) groups excluding carboxylic acids is 1. The second-order valence-corrected chi connectivity index (χ2v) is 3.75. The number of hydrogen-bond acceptors (Lipinski definition) is 3. The first-order valence-corrected chi connectivity index (χ1v) is 5.12. The summed E-state index contributed by atoms with van der Waals surface area (Å²) in [7, 11) is 0. The zero-order chi connectivity index (χ0) is 10.6. The van der Waals surface area contributed by atoms with E-state index in [1.807, 2.05) is 0 Å². The Morgan fingerprint density at radius 1 is 1.57 bits per heavy atom. The van der Waals surface area contributed by atoms with Gasteiger partial charge in [0.25, 0.3) is 0 Å². The van der Waals surface area contributed by atoms with E-state index in [-0.39, 0.29) is 12.1 Å². The smallest absolute Gasteiger partial charge is 0.336 e. The maximum Gasteiger partial charge on any atom is 0.336 e. The zero-order valence-corrected chi connectivity index (χ0v) is 8.91. The summed E-state index contributed by atoms with van der Waals surface area (Å²) in [5, 5.41) is 0. The molecule has 0 bridgehead atoms. The Morgan fingerprint density at radius 2 is 2.29 bits per heavy atom. The zero-order valence-electron chi connectivity index (χ0n) is 8.91. The fourth-order valence-electron chi connectivity index (χ4n) is 1.51. The molecule has 0 unspecified atom stereocenters. The van der Waals surface area contributed by atoms with Gasteiger partial charge in [0.05, 0.1) is 18.3 Å². The molecule has 0 aliphatic carbocycles. The molecule has 3 nitrogen and oxygen atoms in total. The lowest BCUT2D eigenvalue weighted by atomic mass is 9.97. The van der Waals surface area contributed by atoms with Gasteiger partial charge >= 0.3 is 5.97 Å². The quantitative estimate of drug-likeness (QED) is 0.513. The normalized spacial score (nSPS) is 27.0. The fraction of sp³-hybridized carbons (Fsp3) is 0.727. The molecule has 1 heterocycles. The molecule has 1 aliphatic rings. The van der Waals surface area contributed by atoms with E-state index >= 15 is 0 Å². The predicted molar refractivity (Wildman–Crippen MR) is 53.9 cm³/mol. The molecule has 1 saturated heterocycles. The summed E-state index contributed by atoms with van der Waals surface area (Å²) in [6.45, 7) is 8.75. The minimum Gasteiger partial charge on any atom is -0.463 e. The average Bonchev–Trinajstić information content (AvgIpc) is 2.18. The monoisotopic (exact) mass is 198 g/mol. The van der Waals surface area contributed by atoms with Crippen molar-refractivity contribution in [2.45, 2.75) is 32.8 Å². The molecular formula is C11H18O3. The SMILES string of the molecule is C=C(C(=O)OCC)[C@@H]1CC[C@H](C)CO1. The highest BCUT2D eigenvalue weighted by Crippen LogP contribution is 2.23. The van der Waals surface area contributed by atoms with Crippen molar-refractivity contribution in [1.29, 1.82) is 0 Å². The van der Waals surface area contributed by atoms with Crippen LogP contribution in [0.3, 0.4) is 0 Å². The fourth-order valence-corrected chi connectivity index (χ4v) is 1.51. The van der Waals surface area contributed by atoms with Crippen LogP contribution in [-0.4, -0.2) is 25.3 Å². The van der Waals surface area contributed by atoms with Crippen LogP contribution in [0.4, 0.5) is 0 Å². The number of hydrogen-bond donors (Lipinski definition) is 0. The second-order valence-electron chi connectivity index (χ2n) is 3.75. The Labute approximate surface area is 85.1 Å². The van der Waals surface area contributed by atoms with Gasteiger partial charge in [0, 0.05) is 6.61 Å². The van der Waals surface area contributed by atoms with Crippen molar-refractivity contribution in [1.82, 2.24) is 0 Å². The van der Waals surface area contributed by atoms with Crippen molar-refractivity contribution in [3.05, 3.63) is 12.2 Å². The average molecular weight is 198 g/mol. The van der Waals surface area contributed by atoms with Gasteiger partial charge in [-0.2, -0.15) is 0 Å². The van der Waals surface area contributed by atoms with E-state index in [9.17, 15) is 4.79 Å². The van der Waals surface area contributed by atoms with Crippen molar-refractivity contribution >= 4 is 5.97 Å². The first-order valence-electron chi connectivity index (χ1n) is 5.12. The van der Waals surface area contributed by atoms with Crippen LogP contribution in [0.5, 0.6) is 0 Å². The lowest BCUT2D eigenvalue weighted by Crippen LogP contribution is -2.29. The van der Waals surface area contributed by atoms with Crippen LogP contribution in [0.25, 0.3) is 0 Å². The van der Waals surface area contributed by atoms with E-state index in [0.29, 0.717) is 24.7 Å². The third-order valence-corrected chi connectivity index (χ3v) is 2.43. The lowest BCUT2D eigenvalue weighted by molar-refractivity contribution is -0.140. The molecule has 0 amide bonds. The molecule has 0 aromatic heterocycles. The van der Waals surface area contributed by atoms with Crippen LogP contribution in [-0.2, 0) is 14.3 Å². The molecule has 0 aromatic carbocycles. The predicted octanol–water partition coefficient (Wildman–Crippen LogP) is 1.92. The summed E-state index contributed by atoms with van der Waals surface area (Å²) >= 11 is 0. The Kier molecular flexibility index (Phi) is 4.14. The first-order chi connectivity index (χ1) is 6.65. The van der Waals surface area contributed by atoms with Gasteiger partial charge in [-0.15, -0.1) is 0 Å². The van der Waals surface area contributed by atoms with Crippen LogP contribution >= 0.6 is 0 Å². The Hall–Kier alpha value is -0.830. The highest BCUT2D eigenvalue weighted by molar-refractivity contribution is 5.88. The molecule has 80 valence electrons. The van der Waals surface area contributed by atoms with Gasteiger partial charge in [0.15, 0.2) is 0 Å². The van der Waals surface area contributed by atoms with E-state index < -0.39 is 0 Å². The maximum absolute atomic E-state index is 11.3. The molecule has 1 fully saturated rings. The van der Waals surface area contributed by atoms with E-state index in [1.165, 1.54) is 0 Å². The molecule has 0 radical (unpaired) electrons. The summed E-state index contributed by atoms with van der Waals surface area (Å²) in [5.74, 6) is 0.258. The molecule has 0 aromatic rings. The van der Waals surface area contributed by atoms with Crippen molar-refractivity contribution < 1.29 is 14.3 Å². The topological polar surface area (TPSA) is 35.5 Å². The van der Waals surface area contributed by atoms with E-state index in [1.54, 1.807) is 6.92 Å². The Balaban J connectivity index is 2.41. The van der Waals surface area contributed by atoms with Gasteiger partial charge in [-0.1, -0.05) is 13.5 Å². The minimum atomic E-state index is -0.327. The number of ether oxygens (including phenoxy) is 2. The largest absolute Gasteiger partial charge is 0.463 e. The minimum absolute atomic E-state index is 0.134. The molecule has 14 heavy (non-hydrogen) atoms. The summed E-state index contributed by atoms with van der Waals surface area (Å²) in [5.41, 5.74) is 0.457. The maximum atomic E-state index is 11.3. The van der Waals surface area contributed by atoms with Gasteiger partial charge in [-0.25, -0.2) is 4.79 Å². The Morgan fingerprint density at radius 3 is 2.79 bits per heavy atom. The Bertz CT molecular complexity index is 215. The summed E-state index contributed by atoms with van der Waals surface area (Å²) in [4.78, 5) is 11.3. The van der Waals surface area contributed by atoms with Crippen LogP contribution < -0.4 is 0 Å². The van der Waals surface area contributed by atoms with E-state index in [4.69, 9.17) is 9.47 Å². The molecule has 0 N–H and O–H groups in total. The highest BCUT2D eigenvalue weighted by atomic mass is 16.5. The van der Waals surface area contributed by atoms with Gasteiger partial charge in [-0.3, -0.25) is 0 Å². The molecule has 0 saturated carbocycles. The molecule has 0 spiro atoms. The van der Waals surface area contributed by atoms with Gasteiger partial charge in [0.1, 0.15) is 0 Å². The first kappa shape index (κ1) is 11.2. The third-order valence-electron chi connectivity index (χ3n) is 2.43. The lowest BCUT2D eigenvalue weighted by Gasteiger charge is -2.27.